The van der Waals surface area contributed by atoms with Crippen LogP contribution in [-0.2, 0) is 9.59 Å². The lowest BCUT2D eigenvalue weighted by Crippen LogP contribution is -2.69. The average molecular weight is 517 g/mol. The molecule has 0 aromatic heterocycles. The molecule has 0 aromatic carbocycles. The molecule has 4 fully saturated rings. The van der Waals surface area contributed by atoms with E-state index in [1.807, 2.05) is 26.0 Å². The molecule has 1 N–H and O–H groups in total. The van der Waals surface area contributed by atoms with Crippen LogP contribution in [0.4, 0.5) is 0 Å². The summed E-state index contributed by atoms with van der Waals surface area (Å²) in [6.07, 6.45) is 14.4. The van der Waals surface area contributed by atoms with E-state index in [0.717, 1.165) is 44.6 Å². The number of nitrogens with one attached hydrogen (secondary N) is 1. The predicted molar refractivity (Wildman–Crippen MR) is 151 cm³/mol. The number of carbonyl (C=O) groups excluding carboxylic acids is 2. The van der Waals surface area contributed by atoms with E-state index in [9.17, 15) is 9.59 Å². The van der Waals surface area contributed by atoms with E-state index >= 15 is 0 Å². The van der Waals surface area contributed by atoms with Crippen LogP contribution in [0, 0.1) is 57.3 Å². The van der Waals surface area contributed by atoms with Gasteiger partial charge in [-0.3, -0.25) is 4.79 Å². The Morgan fingerprint density at radius 1 is 0.947 bits per heavy atom. The minimum atomic E-state index is -0.603. The van der Waals surface area contributed by atoms with E-state index in [4.69, 9.17) is 6.57 Å². The Morgan fingerprint density at radius 3 is 2.29 bits per heavy atom. The molecule has 6 aliphatic rings. The highest BCUT2D eigenvalue weighted by atomic mass is 16.1. The van der Waals surface area contributed by atoms with E-state index in [1.165, 1.54) is 31.3 Å². The molecule has 206 valence electrons. The lowest BCUT2D eigenvalue weighted by atomic mass is 9.35. The van der Waals surface area contributed by atoms with E-state index < -0.39 is 10.8 Å². The molecule has 0 spiro atoms. The zero-order valence-corrected chi connectivity index (χ0v) is 24.8. The molecule has 2 unspecified atom stereocenters. The molecule has 4 nitrogen and oxygen atoms in total. The van der Waals surface area contributed by atoms with E-state index in [0.29, 0.717) is 11.7 Å². The lowest BCUT2D eigenvalue weighted by Gasteiger charge is -2.69. The minimum Gasteiger partial charge on any atom is -0.311 e. The maximum atomic E-state index is 14.5. The summed E-state index contributed by atoms with van der Waals surface area (Å²) in [5.74, 6) is 1.61. The van der Waals surface area contributed by atoms with Crippen molar-refractivity contribution in [2.75, 3.05) is 6.54 Å². The summed E-state index contributed by atoms with van der Waals surface area (Å²) in [4.78, 5) is 31.5. The second-order valence-electron chi connectivity index (χ2n) is 16.2. The monoisotopic (exact) mass is 516 g/mol. The molecule has 4 saturated carbocycles. The van der Waals surface area contributed by atoms with Crippen molar-refractivity contribution in [2.24, 2.45) is 50.7 Å². The molecule has 0 saturated heterocycles. The molecule has 0 amide bonds. The Morgan fingerprint density at radius 2 is 1.63 bits per heavy atom. The summed E-state index contributed by atoms with van der Waals surface area (Å²) < 4.78 is 0. The third-order valence-electron chi connectivity index (χ3n) is 13.3. The Bertz CT molecular complexity index is 1190. The van der Waals surface area contributed by atoms with Crippen molar-refractivity contribution in [3.63, 3.8) is 0 Å². The van der Waals surface area contributed by atoms with Gasteiger partial charge in [-0.05, 0) is 104 Å². The molecule has 6 aliphatic carbocycles. The summed E-state index contributed by atoms with van der Waals surface area (Å²) in [6, 6.07) is 0. The molecule has 7 atom stereocenters. The van der Waals surface area contributed by atoms with E-state index in [2.05, 4.69) is 44.8 Å². The first-order valence-corrected chi connectivity index (χ1v) is 15.3. The van der Waals surface area contributed by atoms with Crippen LogP contribution in [0.3, 0.4) is 0 Å². The summed E-state index contributed by atoms with van der Waals surface area (Å²) >= 11 is 0. The fourth-order valence-corrected chi connectivity index (χ4v) is 10.6. The lowest BCUT2D eigenvalue weighted by molar-refractivity contribution is -0.161. The van der Waals surface area contributed by atoms with Gasteiger partial charge in [-0.15, -0.1) is 0 Å². The van der Waals surface area contributed by atoms with Gasteiger partial charge in [0.05, 0.1) is 6.57 Å². The number of carbonyl (C=O) groups is 2. The zero-order chi connectivity index (χ0) is 27.5. The average Bonchev–Trinajstić information content (AvgIpc) is 3.67. The van der Waals surface area contributed by atoms with Gasteiger partial charge in [0.2, 0.25) is 5.70 Å². The molecule has 0 aliphatic heterocycles. The van der Waals surface area contributed by atoms with Crippen molar-refractivity contribution in [3.8, 4) is 0 Å². The van der Waals surface area contributed by atoms with E-state index in [1.54, 1.807) is 0 Å². The summed E-state index contributed by atoms with van der Waals surface area (Å²) in [5, 5.41) is 4.12. The second-order valence-corrected chi connectivity index (χ2v) is 16.2. The topological polar surface area (TPSA) is 50.5 Å². The largest absolute Gasteiger partial charge is 0.311 e. The van der Waals surface area contributed by atoms with Crippen molar-refractivity contribution >= 4 is 11.6 Å². The van der Waals surface area contributed by atoms with Crippen molar-refractivity contribution < 1.29 is 9.59 Å². The Hall–Kier alpha value is -1.73. The van der Waals surface area contributed by atoms with Crippen LogP contribution in [-0.4, -0.2) is 23.7 Å². The first kappa shape index (κ1) is 26.5. The number of allylic oxidation sites excluding steroid dienone is 4. The first-order chi connectivity index (χ1) is 17.6. The van der Waals surface area contributed by atoms with Crippen molar-refractivity contribution in [3.05, 3.63) is 34.8 Å². The van der Waals surface area contributed by atoms with Gasteiger partial charge in [-0.25, -0.2) is 4.85 Å². The molecular formula is C34H48N2O2. The highest BCUT2D eigenvalue weighted by molar-refractivity contribution is 6.03. The van der Waals surface area contributed by atoms with Crippen LogP contribution in [0.5, 0.6) is 0 Å². The number of rotatable bonds is 3. The molecule has 38 heavy (non-hydrogen) atoms. The number of Topliss-reactive ketones (excluding diaryl/α,β-unsaturated/α-hetero) is 1. The molecule has 0 aromatic rings. The van der Waals surface area contributed by atoms with Gasteiger partial charge in [0, 0.05) is 22.3 Å². The first-order valence-electron chi connectivity index (χ1n) is 15.3. The van der Waals surface area contributed by atoms with Crippen molar-refractivity contribution in [1.29, 1.82) is 0 Å². The van der Waals surface area contributed by atoms with Gasteiger partial charge in [-0.1, -0.05) is 60.1 Å². The third-order valence-corrected chi connectivity index (χ3v) is 13.3. The molecular weight excluding hydrogens is 468 g/mol. The van der Waals surface area contributed by atoms with Gasteiger partial charge in [0.1, 0.15) is 0 Å². The van der Waals surface area contributed by atoms with Crippen LogP contribution in [0.15, 0.2) is 23.4 Å². The molecule has 0 radical (unpaired) electrons. The molecule has 6 rings (SSSR count). The van der Waals surface area contributed by atoms with Crippen molar-refractivity contribution in [1.82, 2.24) is 5.32 Å². The summed E-state index contributed by atoms with van der Waals surface area (Å²) in [5.41, 5.74) is 0.511. The second kappa shape index (κ2) is 7.93. The Balaban J connectivity index is 1.48. The molecule has 4 heteroatoms. The molecule has 0 bridgehead atoms. The number of hydrogen-bond donors (Lipinski definition) is 1. The number of fused-ring (bicyclic) bond motifs is 7. The summed E-state index contributed by atoms with van der Waals surface area (Å²) in [7, 11) is 0. The number of hydrogen-bond acceptors (Lipinski definition) is 3. The van der Waals surface area contributed by atoms with E-state index in [-0.39, 0.29) is 45.1 Å². The fraction of sp³-hybridized carbons (Fsp3) is 0.794. The van der Waals surface area contributed by atoms with Crippen LogP contribution in [0.2, 0.25) is 0 Å². The predicted octanol–water partition coefficient (Wildman–Crippen LogP) is 7.31. The van der Waals surface area contributed by atoms with Gasteiger partial charge < -0.3 is 10.1 Å². The smallest absolute Gasteiger partial charge is 0.226 e. The van der Waals surface area contributed by atoms with Gasteiger partial charge in [0.25, 0.3) is 0 Å². The van der Waals surface area contributed by atoms with Gasteiger partial charge in [0.15, 0.2) is 11.6 Å². The zero-order valence-electron chi connectivity index (χ0n) is 24.8. The normalized spacial score (nSPS) is 46.9. The quantitative estimate of drug-likeness (QED) is 0.400. The SMILES string of the molecule is [C-]#[N+]C1=C[C@]2(C)C3=CC(=O)C4C5CC(C)(C)CC[C@]5(NCC5CC5)CC[C@@]4(C)[C@]3(C)CC[C@H]2C(C)(C)C1=O. The highest BCUT2D eigenvalue weighted by Crippen LogP contribution is 2.73. The Labute approximate surface area is 230 Å². The minimum absolute atomic E-state index is 0.0268. The Kier molecular flexibility index (Phi) is 5.53. The summed E-state index contributed by atoms with van der Waals surface area (Å²) in [6.45, 7) is 24.9. The van der Waals surface area contributed by atoms with Crippen LogP contribution in [0.25, 0.3) is 4.85 Å². The number of ketones is 2. The third kappa shape index (κ3) is 3.36. The van der Waals surface area contributed by atoms with Crippen LogP contribution in [0.1, 0.15) is 106 Å². The van der Waals surface area contributed by atoms with Crippen LogP contribution < -0.4 is 5.32 Å². The van der Waals surface area contributed by atoms with Gasteiger partial charge >= 0.3 is 0 Å². The highest BCUT2D eigenvalue weighted by Gasteiger charge is 2.69. The standard InChI is InChI=1S/C34H48N2O2/c1-29(2)13-15-34(36-20-21-9-10-21)16-14-33(7)27(22(34)18-29)24(37)17-26-31(5)19-23(35-8)28(38)30(3,4)25(31)11-12-32(26,33)6/h17,19,21-22,25,27,36H,9-16,18,20H2,1-7H3/t22?,25-,27?,31-,32+,33+,34-/m0/s1. The fourth-order valence-electron chi connectivity index (χ4n) is 10.6. The molecule has 0 heterocycles. The van der Waals surface area contributed by atoms with Crippen molar-refractivity contribution in [2.45, 2.75) is 112 Å². The number of nitrogens with zero attached hydrogens (tertiary/aromatic N) is 1. The maximum Gasteiger partial charge on any atom is 0.226 e. The maximum absolute atomic E-state index is 14.5. The van der Waals surface area contributed by atoms with Gasteiger partial charge in [-0.2, -0.15) is 0 Å². The van der Waals surface area contributed by atoms with Crippen LogP contribution >= 0.6 is 0 Å².